The number of hydrogen-bond acceptors (Lipinski definition) is 5. The van der Waals surface area contributed by atoms with Gasteiger partial charge in [-0.25, -0.2) is 0 Å². The molecule has 0 N–H and O–H groups in total. The first kappa shape index (κ1) is 19.2. The zero-order valence-electron chi connectivity index (χ0n) is 15.3. The Labute approximate surface area is 152 Å². The first-order valence-electron chi connectivity index (χ1n) is 8.17. The Kier molecular flexibility index (Phi) is 6.16. The average Bonchev–Trinajstić information content (AvgIpc) is 2.62. The monoisotopic (exact) mass is 358 g/mol. The second-order valence-corrected chi connectivity index (χ2v) is 5.86. The van der Waals surface area contributed by atoms with E-state index in [1.165, 1.54) is 24.1 Å². The third-order valence-electron chi connectivity index (χ3n) is 3.90. The summed E-state index contributed by atoms with van der Waals surface area (Å²) < 4.78 is 10.6. The number of methoxy groups -OCH3 is 1. The van der Waals surface area contributed by atoms with Crippen LogP contribution in [0.3, 0.4) is 0 Å². The van der Waals surface area contributed by atoms with Crippen LogP contribution in [-0.2, 0) is 6.54 Å². The van der Waals surface area contributed by atoms with Crippen LogP contribution in [-0.4, -0.2) is 36.5 Å². The van der Waals surface area contributed by atoms with Gasteiger partial charge in [-0.1, -0.05) is 29.8 Å². The van der Waals surface area contributed by atoms with Gasteiger partial charge in [-0.2, -0.15) is 0 Å². The number of nitrogens with zero attached hydrogens (tertiary/aromatic N) is 2. The van der Waals surface area contributed by atoms with Crippen molar-refractivity contribution in [3.63, 3.8) is 0 Å². The lowest BCUT2D eigenvalue weighted by Gasteiger charge is -2.18. The molecule has 26 heavy (non-hydrogen) atoms. The molecule has 0 aliphatic carbocycles. The van der Waals surface area contributed by atoms with E-state index in [4.69, 9.17) is 9.47 Å². The molecule has 0 spiro atoms. The molecule has 0 saturated heterocycles. The van der Waals surface area contributed by atoms with E-state index < -0.39 is 10.8 Å². The third-order valence-corrected chi connectivity index (χ3v) is 3.90. The van der Waals surface area contributed by atoms with E-state index in [0.29, 0.717) is 18.9 Å². The molecular formula is C19H22N2O5. The summed E-state index contributed by atoms with van der Waals surface area (Å²) in [6.45, 7) is 4.45. The topological polar surface area (TPSA) is 81.9 Å². The van der Waals surface area contributed by atoms with Crippen LogP contribution in [0.2, 0.25) is 0 Å². The van der Waals surface area contributed by atoms with Gasteiger partial charge in [0, 0.05) is 19.7 Å². The van der Waals surface area contributed by atoms with Crippen LogP contribution in [0.25, 0.3) is 0 Å². The van der Waals surface area contributed by atoms with Crippen molar-refractivity contribution in [2.45, 2.75) is 20.4 Å². The number of benzene rings is 2. The zero-order valence-corrected chi connectivity index (χ0v) is 15.3. The first-order valence-corrected chi connectivity index (χ1v) is 8.17. The molecule has 0 fully saturated rings. The quantitative estimate of drug-likeness (QED) is 0.558. The van der Waals surface area contributed by atoms with Gasteiger partial charge in [0.1, 0.15) is 5.56 Å². The lowest BCUT2D eigenvalue weighted by atomic mass is 10.1. The fourth-order valence-corrected chi connectivity index (χ4v) is 2.54. The first-order chi connectivity index (χ1) is 12.4. The lowest BCUT2D eigenvalue weighted by molar-refractivity contribution is -0.385. The Morgan fingerprint density at radius 2 is 1.85 bits per heavy atom. The molecule has 0 heterocycles. The van der Waals surface area contributed by atoms with Crippen LogP contribution < -0.4 is 9.47 Å². The van der Waals surface area contributed by atoms with Crippen molar-refractivity contribution in [1.29, 1.82) is 0 Å². The molecule has 0 atom stereocenters. The zero-order chi connectivity index (χ0) is 19.3. The molecule has 138 valence electrons. The Bertz CT molecular complexity index is 802. The number of amides is 1. The predicted molar refractivity (Wildman–Crippen MR) is 97.8 cm³/mol. The summed E-state index contributed by atoms with van der Waals surface area (Å²) in [6.07, 6.45) is 0. The van der Waals surface area contributed by atoms with E-state index in [1.807, 2.05) is 31.2 Å². The van der Waals surface area contributed by atoms with Crippen molar-refractivity contribution in [1.82, 2.24) is 4.90 Å². The van der Waals surface area contributed by atoms with Crippen LogP contribution in [0.4, 0.5) is 5.69 Å². The molecule has 0 bridgehead atoms. The van der Waals surface area contributed by atoms with Crippen LogP contribution in [0.5, 0.6) is 11.5 Å². The van der Waals surface area contributed by atoms with Gasteiger partial charge in [0.25, 0.3) is 11.6 Å². The summed E-state index contributed by atoms with van der Waals surface area (Å²) in [4.78, 5) is 25.1. The number of aryl methyl sites for hydroxylation is 1. The molecule has 0 saturated carbocycles. The fourth-order valence-electron chi connectivity index (χ4n) is 2.54. The Hall–Kier alpha value is -3.09. The van der Waals surface area contributed by atoms with E-state index in [2.05, 4.69) is 0 Å². The van der Waals surface area contributed by atoms with E-state index >= 15 is 0 Å². The van der Waals surface area contributed by atoms with E-state index in [9.17, 15) is 14.9 Å². The average molecular weight is 358 g/mol. The van der Waals surface area contributed by atoms with E-state index in [-0.39, 0.29) is 17.0 Å². The largest absolute Gasteiger partial charge is 0.493 e. The van der Waals surface area contributed by atoms with Crippen LogP contribution >= 0.6 is 0 Å². The Morgan fingerprint density at radius 1 is 1.19 bits per heavy atom. The minimum absolute atomic E-state index is 0.0335. The fraction of sp³-hybridized carbons (Fsp3) is 0.316. The van der Waals surface area contributed by atoms with Crippen LogP contribution in [0.15, 0.2) is 36.4 Å². The van der Waals surface area contributed by atoms with E-state index in [0.717, 1.165) is 11.1 Å². The molecule has 2 aromatic carbocycles. The predicted octanol–water partition coefficient (Wildman–Crippen LogP) is 3.58. The molecule has 2 rings (SSSR count). The molecular weight excluding hydrogens is 336 g/mol. The van der Waals surface area contributed by atoms with Gasteiger partial charge in [-0.3, -0.25) is 14.9 Å². The molecule has 1 amide bonds. The molecule has 0 unspecified atom stereocenters. The molecule has 7 nitrogen and oxygen atoms in total. The smallest absolute Gasteiger partial charge is 0.286 e. The van der Waals surface area contributed by atoms with Crippen molar-refractivity contribution in [2.75, 3.05) is 20.8 Å². The van der Waals surface area contributed by atoms with Gasteiger partial charge in [-0.15, -0.1) is 0 Å². The van der Waals surface area contributed by atoms with Gasteiger partial charge in [0.05, 0.1) is 24.7 Å². The second-order valence-electron chi connectivity index (χ2n) is 5.86. The minimum Gasteiger partial charge on any atom is -0.493 e. The summed E-state index contributed by atoms with van der Waals surface area (Å²) in [5.41, 5.74) is 1.71. The van der Waals surface area contributed by atoms with Gasteiger partial charge in [-0.05, 0) is 19.4 Å². The van der Waals surface area contributed by atoms with E-state index in [1.54, 1.807) is 14.0 Å². The van der Waals surface area contributed by atoms with Gasteiger partial charge in [0.2, 0.25) is 0 Å². The third kappa shape index (κ3) is 4.30. The molecule has 7 heteroatoms. The summed E-state index contributed by atoms with van der Waals surface area (Å²) in [5, 5.41) is 11.4. The number of nitro benzene ring substituents is 1. The molecule has 2 aromatic rings. The van der Waals surface area contributed by atoms with Gasteiger partial charge < -0.3 is 14.4 Å². The van der Waals surface area contributed by atoms with Gasteiger partial charge >= 0.3 is 0 Å². The Balaban J connectivity index is 2.37. The van der Waals surface area contributed by atoms with Crippen molar-refractivity contribution in [3.05, 3.63) is 63.2 Å². The summed E-state index contributed by atoms with van der Waals surface area (Å²) in [6, 6.07) is 10.3. The molecule has 0 aromatic heterocycles. The van der Waals surface area contributed by atoms with Crippen molar-refractivity contribution in [2.24, 2.45) is 0 Å². The number of nitro groups is 1. The highest BCUT2D eigenvalue weighted by molar-refractivity contribution is 5.99. The highest BCUT2D eigenvalue weighted by atomic mass is 16.6. The Morgan fingerprint density at radius 3 is 2.38 bits per heavy atom. The minimum atomic E-state index is -0.592. The summed E-state index contributed by atoms with van der Waals surface area (Å²) in [7, 11) is 3.00. The maximum absolute atomic E-state index is 12.8. The number of hydrogen-bond donors (Lipinski definition) is 0. The van der Waals surface area contributed by atoms with Gasteiger partial charge in [0.15, 0.2) is 11.5 Å². The lowest BCUT2D eigenvalue weighted by Crippen LogP contribution is -2.27. The molecule has 0 radical (unpaired) electrons. The summed E-state index contributed by atoms with van der Waals surface area (Å²) in [5.74, 6) is 0.0601. The number of carbonyl (C=O) groups is 1. The SMILES string of the molecule is CCOc1cc(C(=O)N(C)Cc2ccc(C)cc2)c([N+](=O)[O-])cc1OC. The molecule has 0 aliphatic heterocycles. The highest BCUT2D eigenvalue weighted by Crippen LogP contribution is 2.35. The van der Waals surface area contributed by atoms with Crippen LogP contribution in [0, 0.1) is 17.0 Å². The number of carbonyl (C=O) groups excluding carboxylic acids is 1. The molecule has 0 aliphatic rings. The summed E-state index contributed by atoms with van der Waals surface area (Å²) >= 11 is 0. The standard InChI is InChI=1S/C19H22N2O5/c1-5-26-18-10-15(16(21(23)24)11-17(18)25-4)19(22)20(3)12-14-8-6-13(2)7-9-14/h6-11H,5,12H2,1-4H3. The normalized spacial score (nSPS) is 10.3. The maximum Gasteiger partial charge on any atom is 0.286 e. The highest BCUT2D eigenvalue weighted by Gasteiger charge is 2.26. The maximum atomic E-state index is 12.8. The number of rotatable bonds is 7. The van der Waals surface area contributed by atoms with Crippen molar-refractivity contribution in [3.8, 4) is 11.5 Å². The second kappa shape index (κ2) is 8.33. The van der Waals surface area contributed by atoms with Crippen molar-refractivity contribution < 1.29 is 19.2 Å². The van der Waals surface area contributed by atoms with Crippen molar-refractivity contribution >= 4 is 11.6 Å². The number of ether oxygens (including phenoxy) is 2. The van der Waals surface area contributed by atoms with Crippen LogP contribution in [0.1, 0.15) is 28.4 Å².